The smallest absolute Gasteiger partial charge is 0.0944 e. The molecular weight excluding hydrogens is 268 g/mol. The minimum Gasteiger partial charge on any atom is -0.377 e. The molecule has 3 nitrogen and oxygen atoms in total. The van der Waals surface area contributed by atoms with Gasteiger partial charge in [-0.25, -0.2) is 4.98 Å². The normalized spacial score (nSPS) is 19.9. The van der Waals surface area contributed by atoms with Crippen LogP contribution in [0.3, 0.4) is 0 Å². The third kappa shape index (κ3) is 3.80. The molecule has 1 aromatic heterocycles. The number of rotatable bonds is 7. The van der Waals surface area contributed by atoms with E-state index >= 15 is 0 Å². The highest BCUT2D eigenvalue weighted by Crippen LogP contribution is 2.35. The number of methoxy groups -OCH3 is 1. The van der Waals surface area contributed by atoms with Gasteiger partial charge in [0, 0.05) is 30.6 Å². The van der Waals surface area contributed by atoms with Crippen LogP contribution in [0.15, 0.2) is 5.38 Å². The minimum absolute atomic E-state index is 0.00694. The SMILES string of the molecule is CCCNC(Cc1nc(C)cs1)C1(OC)CCCCC1. The van der Waals surface area contributed by atoms with Crippen molar-refractivity contribution >= 4 is 11.3 Å². The maximum absolute atomic E-state index is 6.03. The second kappa shape index (κ2) is 7.53. The number of nitrogens with zero attached hydrogens (tertiary/aromatic N) is 1. The van der Waals surface area contributed by atoms with Gasteiger partial charge in [0.15, 0.2) is 0 Å². The summed E-state index contributed by atoms with van der Waals surface area (Å²) in [5, 5.41) is 7.11. The van der Waals surface area contributed by atoms with Crippen molar-refractivity contribution in [2.75, 3.05) is 13.7 Å². The molecule has 0 aromatic carbocycles. The van der Waals surface area contributed by atoms with Crippen LogP contribution in [-0.4, -0.2) is 30.3 Å². The molecule has 1 aromatic rings. The number of aryl methyl sites for hydroxylation is 1. The molecule has 2 rings (SSSR count). The molecule has 0 amide bonds. The molecule has 1 atom stereocenters. The van der Waals surface area contributed by atoms with Gasteiger partial charge >= 0.3 is 0 Å². The molecule has 0 bridgehead atoms. The van der Waals surface area contributed by atoms with E-state index in [1.165, 1.54) is 37.1 Å². The van der Waals surface area contributed by atoms with E-state index < -0.39 is 0 Å². The lowest BCUT2D eigenvalue weighted by Crippen LogP contribution is -2.54. The lowest BCUT2D eigenvalue weighted by atomic mass is 9.78. The zero-order chi connectivity index (χ0) is 14.4. The summed E-state index contributed by atoms with van der Waals surface area (Å²) in [6.45, 7) is 5.35. The van der Waals surface area contributed by atoms with Crippen LogP contribution in [0.25, 0.3) is 0 Å². The lowest BCUT2D eigenvalue weighted by molar-refractivity contribution is -0.0672. The number of hydrogen-bond acceptors (Lipinski definition) is 4. The molecule has 1 N–H and O–H groups in total. The van der Waals surface area contributed by atoms with Crippen molar-refractivity contribution in [2.45, 2.75) is 70.4 Å². The van der Waals surface area contributed by atoms with Crippen molar-refractivity contribution in [3.8, 4) is 0 Å². The fourth-order valence-electron chi connectivity index (χ4n) is 3.28. The Morgan fingerprint density at radius 1 is 1.40 bits per heavy atom. The molecule has 20 heavy (non-hydrogen) atoms. The van der Waals surface area contributed by atoms with Crippen molar-refractivity contribution in [3.63, 3.8) is 0 Å². The fraction of sp³-hybridized carbons (Fsp3) is 0.812. The summed E-state index contributed by atoms with van der Waals surface area (Å²) in [6, 6.07) is 0.387. The number of aromatic nitrogens is 1. The molecule has 0 radical (unpaired) electrons. The second-order valence-electron chi connectivity index (χ2n) is 5.92. The van der Waals surface area contributed by atoms with E-state index in [1.807, 2.05) is 7.11 Å². The van der Waals surface area contributed by atoms with Gasteiger partial charge in [0.2, 0.25) is 0 Å². The Kier molecular flexibility index (Phi) is 6.00. The van der Waals surface area contributed by atoms with E-state index in [0.29, 0.717) is 6.04 Å². The van der Waals surface area contributed by atoms with Crippen LogP contribution in [0, 0.1) is 6.92 Å². The second-order valence-corrected chi connectivity index (χ2v) is 6.87. The van der Waals surface area contributed by atoms with E-state index in [9.17, 15) is 0 Å². The quantitative estimate of drug-likeness (QED) is 0.833. The first-order valence-electron chi connectivity index (χ1n) is 7.90. The predicted octanol–water partition coefficient (Wildman–Crippen LogP) is 3.71. The predicted molar refractivity (Wildman–Crippen MR) is 85.5 cm³/mol. The van der Waals surface area contributed by atoms with Gasteiger partial charge in [0.05, 0.1) is 10.6 Å². The van der Waals surface area contributed by atoms with Gasteiger partial charge in [0.25, 0.3) is 0 Å². The summed E-state index contributed by atoms with van der Waals surface area (Å²) in [5.74, 6) is 0. The molecule has 114 valence electrons. The summed E-state index contributed by atoms with van der Waals surface area (Å²) < 4.78 is 6.03. The Balaban J connectivity index is 2.11. The standard InChI is InChI=1S/C16H28N2OS/c1-4-10-17-14(11-15-18-13(2)12-20-15)16(19-3)8-6-5-7-9-16/h12,14,17H,4-11H2,1-3H3. The average molecular weight is 296 g/mol. The van der Waals surface area contributed by atoms with E-state index in [-0.39, 0.29) is 5.60 Å². The molecule has 1 heterocycles. The Morgan fingerprint density at radius 2 is 2.15 bits per heavy atom. The molecular formula is C16H28N2OS. The Hall–Kier alpha value is -0.450. The van der Waals surface area contributed by atoms with E-state index in [2.05, 4.69) is 29.5 Å². The van der Waals surface area contributed by atoms with Crippen molar-refractivity contribution in [1.29, 1.82) is 0 Å². The average Bonchev–Trinajstić information content (AvgIpc) is 2.89. The number of hydrogen-bond donors (Lipinski definition) is 1. The summed E-state index contributed by atoms with van der Waals surface area (Å²) in [6.07, 6.45) is 8.43. The third-order valence-electron chi connectivity index (χ3n) is 4.43. The summed E-state index contributed by atoms with van der Waals surface area (Å²) in [4.78, 5) is 4.64. The van der Waals surface area contributed by atoms with Crippen LogP contribution >= 0.6 is 11.3 Å². The molecule has 0 spiro atoms. The van der Waals surface area contributed by atoms with Crippen LogP contribution in [0.2, 0.25) is 0 Å². The van der Waals surface area contributed by atoms with Crippen molar-refractivity contribution in [1.82, 2.24) is 10.3 Å². The topological polar surface area (TPSA) is 34.2 Å². The van der Waals surface area contributed by atoms with Crippen LogP contribution in [0.5, 0.6) is 0 Å². The van der Waals surface area contributed by atoms with Crippen LogP contribution < -0.4 is 5.32 Å². The first-order chi connectivity index (χ1) is 9.70. The van der Waals surface area contributed by atoms with Gasteiger partial charge in [-0.3, -0.25) is 0 Å². The van der Waals surface area contributed by atoms with Crippen molar-refractivity contribution in [2.24, 2.45) is 0 Å². The summed E-state index contributed by atoms with van der Waals surface area (Å²) in [5.41, 5.74) is 1.14. The van der Waals surface area contributed by atoms with Crippen molar-refractivity contribution in [3.05, 3.63) is 16.1 Å². The monoisotopic (exact) mass is 296 g/mol. The minimum atomic E-state index is 0.00694. The first kappa shape index (κ1) is 15.9. The maximum Gasteiger partial charge on any atom is 0.0944 e. The molecule has 0 saturated heterocycles. The van der Waals surface area contributed by atoms with Gasteiger partial charge in [-0.15, -0.1) is 11.3 Å². The van der Waals surface area contributed by atoms with E-state index in [0.717, 1.165) is 25.1 Å². The zero-order valence-corrected chi connectivity index (χ0v) is 13.9. The largest absolute Gasteiger partial charge is 0.377 e. The molecule has 1 aliphatic carbocycles. The zero-order valence-electron chi connectivity index (χ0n) is 13.1. The maximum atomic E-state index is 6.03. The highest BCUT2D eigenvalue weighted by molar-refractivity contribution is 7.09. The fourth-order valence-corrected chi connectivity index (χ4v) is 4.10. The van der Waals surface area contributed by atoms with Crippen LogP contribution in [0.1, 0.15) is 56.2 Å². The Labute approximate surface area is 127 Å². The molecule has 0 aliphatic heterocycles. The van der Waals surface area contributed by atoms with Gasteiger partial charge in [-0.1, -0.05) is 26.2 Å². The van der Waals surface area contributed by atoms with Gasteiger partial charge in [-0.2, -0.15) is 0 Å². The summed E-state index contributed by atoms with van der Waals surface area (Å²) >= 11 is 1.78. The van der Waals surface area contributed by atoms with Crippen LogP contribution in [-0.2, 0) is 11.2 Å². The number of nitrogens with one attached hydrogen (secondary N) is 1. The third-order valence-corrected chi connectivity index (χ3v) is 5.42. The van der Waals surface area contributed by atoms with Crippen LogP contribution in [0.4, 0.5) is 0 Å². The molecule has 1 fully saturated rings. The highest BCUT2D eigenvalue weighted by Gasteiger charge is 2.40. The van der Waals surface area contributed by atoms with E-state index in [4.69, 9.17) is 4.74 Å². The van der Waals surface area contributed by atoms with E-state index in [1.54, 1.807) is 11.3 Å². The highest BCUT2D eigenvalue weighted by atomic mass is 32.1. The molecule has 1 aliphatic rings. The Morgan fingerprint density at radius 3 is 2.70 bits per heavy atom. The molecule has 4 heteroatoms. The molecule has 1 saturated carbocycles. The first-order valence-corrected chi connectivity index (χ1v) is 8.77. The summed E-state index contributed by atoms with van der Waals surface area (Å²) in [7, 11) is 1.89. The lowest BCUT2D eigenvalue weighted by Gasteiger charge is -2.42. The van der Waals surface area contributed by atoms with Gasteiger partial charge in [0.1, 0.15) is 0 Å². The number of thiazole rings is 1. The Bertz CT molecular complexity index is 399. The van der Waals surface area contributed by atoms with Gasteiger partial charge < -0.3 is 10.1 Å². The molecule has 1 unspecified atom stereocenters. The van der Waals surface area contributed by atoms with Crippen molar-refractivity contribution < 1.29 is 4.74 Å². The van der Waals surface area contributed by atoms with Gasteiger partial charge in [-0.05, 0) is 32.7 Å². The number of ether oxygens (including phenoxy) is 1.